The van der Waals surface area contributed by atoms with Gasteiger partial charge >= 0.3 is 6.18 Å². The van der Waals surface area contributed by atoms with Gasteiger partial charge in [0.15, 0.2) is 0 Å². The van der Waals surface area contributed by atoms with Gasteiger partial charge in [-0.25, -0.2) is 4.68 Å². The number of amides is 1. The molecular weight excluding hydrogens is 451 g/mol. The first-order valence-electron chi connectivity index (χ1n) is 11.1. The molecule has 0 aliphatic rings. The quantitative estimate of drug-likeness (QED) is 0.280. The van der Waals surface area contributed by atoms with Crippen molar-refractivity contribution in [2.45, 2.75) is 12.6 Å². The molecule has 1 aromatic heterocycles. The smallest absolute Gasteiger partial charge is 0.349 e. The largest absolute Gasteiger partial charge is 0.416 e. The molecule has 7 heteroatoms. The Morgan fingerprint density at radius 2 is 1.63 bits per heavy atom. The van der Waals surface area contributed by atoms with Gasteiger partial charge in [0.05, 0.1) is 23.4 Å². The zero-order valence-electron chi connectivity index (χ0n) is 19.2. The van der Waals surface area contributed by atoms with Crippen molar-refractivity contribution in [2.75, 3.05) is 14.1 Å². The van der Waals surface area contributed by atoms with E-state index in [-0.39, 0.29) is 18.0 Å². The van der Waals surface area contributed by atoms with Gasteiger partial charge in [0.1, 0.15) is 0 Å². The van der Waals surface area contributed by atoms with Crippen LogP contribution in [0.15, 0.2) is 85.1 Å². The lowest BCUT2D eigenvalue weighted by Gasteiger charge is -2.10. The van der Waals surface area contributed by atoms with E-state index in [1.807, 2.05) is 36.4 Å². The van der Waals surface area contributed by atoms with Crippen LogP contribution in [-0.2, 0) is 17.4 Å². The molecule has 0 spiro atoms. The second kappa shape index (κ2) is 8.58. The molecule has 1 amide bonds. The zero-order chi connectivity index (χ0) is 24.7. The Morgan fingerprint density at radius 3 is 2.40 bits per heavy atom. The maximum atomic E-state index is 13.3. The summed E-state index contributed by atoms with van der Waals surface area (Å²) < 4.78 is 41.2. The standard InChI is InChI=1S/C28H22F3N3O/c1-33(2)26(35)15-21-17-34(23-8-5-7-22(16-23)28(29,30)31)32-27(21)20-12-13-25-19(14-20)11-10-18-6-3-4-9-24(18)25/h3-14,16-17H,15H2,1-2H3. The first-order chi connectivity index (χ1) is 16.7. The van der Waals surface area contributed by atoms with E-state index in [2.05, 4.69) is 23.3 Å². The topological polar surface area (TPSA) is 38.1 Å². The molecule has 0 fully saturated rings. The number of halogens is 3. The fourth-order valence-corrected chi connectivity index (χ4v) is 4.22. The molecule has 5 rings (SSSR count). The average molecular weight is 473 g/mol. The zero-order valence-corrected chi connectivity index (χ0v) is 19.2. The molecule has 0 radical (unpaired) electrons. The number of nitrogens with zero attached hydrogens (tertiary/aromatic N) is 3. The summed E-state index contributed by atoms with van der Waals surface area (Å²) in [4.78, 5) is 14.0. The van der Waals surface area contributed by atoms with Crippen molar-refractivity contribution < 1.29 is 18.0 Å². The van der Waals surface area contributed by atoms with Gasteiger partial charge < -0.3 is 4.90 Å². The van der Waals surface area contributed by atoms with Crippen molar-refractivity contribution in [1.82, 2.24) is 14.7 Å². The van der Waals surface area contributed by atoms with Crippen molar-refractivity contribution in [3.05, 3.63) is 96.2 Å². The van der Waals surface area contributed by atoms with Crippen molar-refractivity contribution in [3.8, 4) is 16.9 Å². The van der Waals surface area contributed by atoms with E-state index < -0.39 is 11.7 Å². The summed E-state index contributed by atoms with van der Waals surface area (Å²) in [6, 6.07) is 23.2. The highest BCUT2D eigenvalue weighted by Gasteiger charge is 2.30. The average Bonchev–Trinajstić information content (AvgIpc) is 3.27. The number of benzene rings is 4. The molecule has 1 heterocycles. The van der Waals surface area contributed by atoms with Gasteiger partial charge in [0, 0.05) is 31.4 Å². The number of hydrogen-bond acceptors (Lipinski definition) is 2. The highest BCUT2D eigenvalue weighted by atomic mass is 19.4. The highest BCUT2D eigenvalue weighted by molar-refractivity contribution is 6.08. The number of carbonyl (C=O) groups is 1. The number of hydrogen-bond donors (Lipinski definition) is 0. The van der Waals surface area contributed by atoms with Crippen LogP contribution in [0.2, 0.25) is 0 Å². The van der Waals surface area contributed by atoms with Crippen LogP contribution in [0.5, 0.6) is 0 Å². The molecule has 176 valence electrons. The molecule has 0 N–H and O–H groups in total. The van der Waals surface area contributed by atoms with E-state index in [4.69, 9.17) is 0 Å². The molecular formula is C28H22F3N3O. The van der Waals surface area contributed by atoms with Crippen molar-refractivity contribution >= 4 is 27.5 Å². The van der Waals surface area contributed by atoms with Crippen molar-refractivity contribution in [3.63, 3.8) is 0 Å². The van der Waals surface area contributed by atoms with E-state index in [0.717, 1.165) is 39.2 Å². The molecule has 0 saturated heterocycles. The Balaban J connectivity index is 1.64. The summed E-state index contributed by atoms with van der Waals surface area (Å²) >= 11 is 0. The molecule has 5 aromatic rings. The Bertz CT molecular complexity index is 1570. The van der Waals surface area contributed by atoms with Crippen LogP contribution in [0.25, 0.3) is 38.5 Å². The van der Waals surface area contributed by atoms with E-state index in [1.165, 1.54) is 15.6 Å². The van der Waals surface area contributed by atoms with Gasteiger partial charge in [-0.05, 0) is 45.8 Å². The molecule has 0 unspecified atom stereocenters. The SMILES string of the molecule is CN(C)C(=O)Cc1cn(-c2cccc(C(F)(F)F)c2)nc1-c1ccc2c(ccc3ccccc32)c1. The number of likely N-dealkylation sites (N-methyl/N-ethyl adjacent to an activating group) is 1. The minimum atomic E-state index is -4.46. The van der Waals surface area contributed by atoms with Crippen LogP contribution < -0.4 is 0 Å². The van der Waals surface area contributed by atoms with Crippen LogP contribution in [0.1, 0.15) is 11.1 Å². The summed E-state index contributed by atoms with van der Waals surface area (Å²) in [5.74, 6) is -0.123. The molecule has 4 nitrogen and oxygen atoms in total. The number of rotatable bonds is 4. The molecule has 0 bridgehead atoms. The lowest BCUT2D eigenvalue weighted by atomic mass is 9.98. The molecule has 4 aromatic carbocycles. The summed E-state index contributed by atoms with van der Waals surface area (Å²) in [7, 11) is 3.33. The lowest BCUT2D eigenvalue weighted by molar-refractivity contribution is -0.137. The fraction of sp³-hybridized carbons (Fsp3) is 0.143. The van der Waals surface area contributed by atoms with Crippen molar-refractivity contribution in [2.24, 2.45) is 0 Å². The predicted octanol–water partition coefficient (Wildman–Crippen LogP) is 6.50. The fourth-order valence-electron chi connectivity index (χ4n) is 4.22. The molecule has 35 heavy (non-hydrogen) atoms. The summed E-state index contributed by atoms with van der Waals surface area (Å²) in [5, 5.41) is 9.01. The van der Waals surface area contributed by atoms with Gasteiger partial charge in [-0.15, -0.1) is 0 Å². The Labute approximate surface area is 200 Å². The maximum absolute atomic E-state index is 13.3. The van der Waals surface area contributed by atoms with Crippen LogP contribution >= 0.6 is 0 Å². The summed E-state index contributed by atoms with van der Waals surface area (Å²) in [6.45, 7) is 0. The molecule has 0 aliphatic carbocycles. The Morgan fingerprint density at radius 1 is 0.886 bits per heavy atom. The van der Waals surface area contributed by atoms with E-state index >= 15 is 0 Å². The maximum Gasteiger partial charge on any atom is 0.416 e. The first-order valence-corrected chi connectivity index (χ1v) is 11.1. The van der Waals surface area contributed by atoms with Gasteiger partial charge in [-0.3, -0.25) is 4.79 Å². The van der Waals surface area contributed by atoms with Crippen LogP contribution in [0.4, 0.5) is 13.2 Å². The Kier molecular flexibility index (Phi) is 5.55. The van der Waals surface area contributed by atoms with Crippen LogP contribution in [0.3, 0.4) is 0 Å². The third-order valence-electron chi connectivity index (χ3n) is 6.09. The first kappa shape index (κ1) is 22.7. The third-order valence-corrected chi connectivity index (χ3v) is 6.09. The molecule has 0 saturated carbocycles. The number of alkyl halides is 3. The van der Waals surface area contributed by atoms with Gasteiger partial charge in [-0.2, -0.15) is 18.3 Å². The van der Waals surface area contributed by atoms with E-state index in [0.29, 0.717) is 11.3 Å². The van der Waals surface area contributed by atoms with Gasteiger partial charge in [-0.1, -0.05) is 54.6 Å². The number of carbonyl (C=O) groups excluding carboxylic acids is 1. The van der Waals surface area contributed by atoms with Gasteiger partial charge in [0.25, 0.3) is 0 Å². The van der Waals surface area contributed by atoms with Crippen LogP contribution in [0, 0.1) is 0 Å². The van der Waals surface area contributed by atoms with Gasteiger partial charge in [0.2, 0.25) is 5.91 Å². The Hall–Kier alpha value is -4.13. The highest BCUT2D eigenvalue weighted by Crippen LogP contribution is 2.33. The van der Waals surface area contributed by atoms with E-state index in [9.17, 15) is 18.0 Å². The summed E-state index contributed by atoms with van der Waals surface area (Å²) in [6.07, 6.45) is -2.75. The second-order valence-electron chi connectivity index (χ2n) is 8.68. The number of aromatic nitrogens is 2. The normalized spacial score (nSPS) is 11.8. The number of fused-ring (bicyclic) bond motifs is 3. The minimum Gasteiger partial charge on any atom is -0.349 e. The monoisotopic (exact) mass is 473 g/mol. The summed E-state index contributed by atoms with van der Waals surface area (Å²) in [5.41, 5.74) is 1.51. The minimum absolute atomic E-state index is 0.0804. The van der Waals surface area contributed by atoms with Crippen molar-refractivity contribution in [1.29, 1.82) is 0 Å². The molecule has 0 atom stereocenters. The third kappa shape index (κ3) is 4.37. The second-order valence-corrected chi connectivity index (χ2v) is 8.68. The predicted molar refractivity (Wildman–Crippen MR) is 131 cm³/mol. The lowest BCUT2D eigenvalue weighted by Crippen LogP contribution is -2.23. The van der Waals surface area contributed by atoms with E-state index in [1.54, 1.807) is 26.4 Å². The van der Waals surface area contributed by atoms with Crippen LogP contribution in [-0.4, -0.2) is 34.7 Å². The molecule has 0 aliphatic heterocycles.